The fourth-order valence-electron chi connectivity index (χ4n) is 1.14. The SMILES string of the molecule is C=CCN(CC)S(=O)(=O)CCCNC. The molecule has 84 valence electrons. The van der Waals surface area contributed by atoms with Gasteiger partial charge in [0.05, 0.1) is 5.75 Å². The number of sulfonamides is 1. The standard InChI is InChI=1S/C9H20N2O2S/c1-4-8-11(5-2)14(12,13)9-6-7-10-3/h4,10H,1,5-9H2,2-3H3. The maximum atomic E-state index is 11.7. The summed E-state index contributed by atoms with van der Waals surface area (Å²) in [7, 11) is -1.27. The maximum absolute atomic E-state index is 11.7. The van der Waals surface area contributed by atoms with Crippen molar-refractivity contribution in [1.29, 1.82) is 0 Å². The third-order valence-corrected chi connectivity index (χ3v) is 3.91. The largest absolute Gasteiger partial charge is 0.320 e. The van der Waals surface area contributed by atoms with Gasteiger partial charge in [0, 0.05) is 13.1 Å². The molecule has 0 amide bonds. The van der Waals surface area contributed by atoms with Gasteiger partial charge in [-0.3, -0.25) is 0 Å². The van der Waals surface area contributed by atoms with E-state index in [1.165, 1.54) is 4.31 Å². The molecule has 0 aromatic heterocycles. The summed E-state index contributed by atoms with van der Waals surface area (Å²) in [5.74, 6) is 0.204. The molecule has 0 radical (unpaired) electrons. The highest BCUT2D eigenvalue weighted by Gasteiger charge is 2.17. The zero-order chi connectivity index (χ0) is 11.0. The molecule has 0 saturated heterocycles. The molecule has 0 atom stereocenters. The maximum Gasteiger partial charge on any atom is 0.214 e. The lowest BCUT2D eigenvalue weighted by Gasteiger charge is -2.18. The summed E-state index contributed by atoms with van der Waals surface area (Å²) in [4.78, 5) is 0. The van der Waals surface area contributed by atoms with Crippen molar-refractivity contribution in [2.45, 2.75) is 13.3 Å². The fourth-order valence-corrected chi connectivity index (χ4v) is 2.64. The Morgan fingerprint density at radius 1 is 1.50 bits per heavy atom. The van der Waals surface area contributed by atoms with Gasteiger partial charge >= 0.3 is 0 Å². The minimum atomic E-state index is -3.08. The third-order valence-electron chi connectivity index (χ3n) is 1.91. The van der Waals surface area contributed by atoms with Gasteiger partial charge in [-0.15, -0.1) is 6.58 Å². The number of likely N-dealkylation sites (N-methyl/N-ethyl adjacent to an activating group) is 1. The molecular weight excluding hydrogens is 200 g/mol. The molecule has 1 N–H and O–H groups in total. The first-order valence-electron chi connectivity index (χ1n) is 4.81. The Bertz CT molecular complexity index is 250. The van der Waals surface area contributed by atoms with Crippen molar-refractivity contribution in [3.05, 3.63) is 12.7 Å². The predicted molar refractivity (Wildman–Crippen MR) is 59.8 cm³/mol. The van der Waals surface area contributed by atoms with Gasteiger partial charge in [0.15, 0.2) is 0 Å². The van der Waals surface area contributed by atoms with Crippen molar-refractivity contribution in [1.82, 2.24) is 9.62 Å². The van der Waals surface area contributed by atoms with Gasteiger partial charge in [-0.05, 0) is 20.0 Å². The van der Waals surface area contributed by atoms with Gasteiger partial charge < -0.3 is 5.32 Å². The topological polar surface area (TPSA) is 49.4 Å². The highest BCUT2D eigenvalue weighted by Crippen LogP contribution is 2.02. The molecule has 0 saturated carbocycles. The number of nitrogens with one attached hydrogen (secondary N) is 1. The average molecular weight is 220 g/mol. The second-order valence-corrected chi connectivity index (χ2v) is 5.10. The zero-order valence-corrected chi connectivity index (χ0v) is 9.81. The Morgan fingerprint density at radius 3 is 2.57 bits per heavy atom. The van der Waals surface area contributed by atoms with Crippen molar-refractivity contribution in [3.63, 3.8) is 0 Å². The monoisotopic (exact) mass is 220 g/mol. The van der Waals surface area contributed by atoms with Gasteiger partial charge in [0.1, 0.15) is 0 Å². The minimum absolute atomic E-state index is 0.204. The first-order chi connectivity index (χ1) is 6.58. The summed E-state index contributed by atoms with van der Waals surface area (Å²) in [6.45, 7) is 7.01. The smallest absolute Gasteiger partial charge is 0.214 e. The van der Waals surface area contributed by atoms with Crippen LogP contribution >= 0.6 is 0 Å². The normalized spacial score (nSPS) is 11.9. The summed E-state index contributed by atoms with van der Waals surface area (Å²) >= 11 is 0. The lowest BCUT2D eigenvalue weighted by atomic mass is 10.5. The van der Waals surface area contributed by atoms with Gasteiger partial charge in [0.25, 0.3) is 0 Å². The van der Waals surface area contributed by atoms with Crippen LogP contribution in [0.1, 0.15) is 13.3 Å². The van der Waals surface area contributed by atoms with E-state index in [0.717, 1.165) is 6.54 Å². The molecule has 0 unspecified atom stereocenters. The third kappa shape index (κ3) is 4.74. The molecular formula is C9H20N2O2S. The van der Waals surface area contributed by atoms with E-state index >= 15 is 0 Å². The van der Waals surface area contributed by atoms with E-state index in [-0.39, 0.29) is 5.75 Å². The molecule has 14 heavy (non-hydrogen) atoms. The Hall–Kier alpha value is -0.390. The second kappa shape index (κ2) is 6.98. The summed E-state index contributed by atoms with van der Waals surface area (Å²) in [5.41, 5.74) is 0. The van der Waals surface area contributed by atoms with Gasteiger partial charge in [-0.1, -0.05) is 13.0 Å². The Balaban J connectivity index is 4.19. The summed E-state index contributed by atoms with van der Waals surface area (Å²) in [5, 5.41) is 2.93. The molecule has 0 bridgehead atoms. The highest BCUT2D eigenvalue weighted by molar-refractivity contribution is 7.89. The van der Waals surface area contributed by atoms with Crippen molar-refractivity contribution < 1.29 is 8.42 Å². The van der Waals surface area contributed by atoms with Crippen LogP contribution < -0.4 is 5.32 Å². The molecule has 0 aromatic carbocycles. The van der Waals surface area contributed by atoms with Crippen molar-refractivity contribution in [2.24, 2.45) is 0 Å². The van der Waals surface area contributed by atoms with Crippen molar-refractivity contribution >= 4 is 10.0 Å². The summed E-state index contributed by atoms with van der Waals surface area (Å²) < 4.78 is 24.8. The lowest BCUT2D eigenvalue weighted by Crippen LogP contribution is -2.33. The summed E-state index contributed by atoms with van der Waals surface area (Å²) in [6.07, 6.45) is 2.26. The molecule has 0 heterocycles. The minimum Gasteiger partial charge on any atom is -0.320 e. The van der Waals surface area contributed by atoms with E-state index in [0.29, 0.717) is 19.5 Å². The second-order valence-electron chi connectivity index (χ2n) is 3.01. The van der Waals surface area contributed by atoms with Crippen LogP contribution in [0.3, 0.4) is 0 Å². The molecule has 0 aliphatic rings. The lowest BCUT2D eigenvalue weighted by molar-refractivity contribution is 0.458. The van der Waals surface area contributed by atoms with E-state index in [1.807, 2.05) is 14.0 Å². The van der Waals surface area contributed by atoms with Crippen LogP contribution in [0.25, 0.3) is 0 Å². The average Bonchev–Trinajstić information content (AvgIpc) is 2.14. The van der Waals surface area contributed by atoms with E-state index in [2.05, 4.69) is 11.9 Å². The first kappa shape index (κ1) is 13.6. The first-order valence-corrected chi connectivity index (χ1v) is 6.42. The number of rotatable bonds is 8. The van der Waals surface area contributed by atoms with Crippen LogP contribution in [-0.2, 0) is 10.0 Å². The van der Waals surface area contributed by atoms with Gasteiger partial charge in [-0.2, -0.15) is 4.31 Å². The van der Waals surface area contributed by atoms with Gasteiger partial charge in [-0.25, -0.2) is 8.42 Å². The van der Waals surface area contributed by atoms with Crippen LogP contribution in [0.15, 0.2) is 12.7 Å². The molecule has 0 fully saturated rings. The Morgan fingerprint density at radius 2 is 2.14 bits per heavy atom. The molecule has 0 aliphatic carbocycles. The number of hydrogen-bond acceptors (Lipinski definition) is 3. The van der Waals surface area contributed by atoms with E-state index in [1.54, 1.807) is 6.08 Å². The number of hydrogen-bond donors (Lipinski definition) is 1. The van der Waals surface area contributed by atoms with Crippen LogP contribution in [0.2, 0.25) is 0 Å². The van der Waals surface area contributed by atoms with E-state index in [9.17, 15) is 8.42 Å². The van der Waals surface area contributed by atoms with E-state index in [4.69, 9.17) is 0 Å². The fraction of sp³-hybridized carbons (Fsp3) is 0.778. The van der Waals surface area contributed by atoms with Crippen LogP contribution in [-0.4, -0.2) is 45.2 Å². The quantitative estimate of drug-likeness (QED) is 0.477. The predicted octanol–water partition coefficient (Wildman–Crippen LogP) is 0.434. The van der Waals surface area contributed by atoms with Crippen molar-refractivity contribution in [3.8, 4) is 0 Å². The number of nitrogens with zero attached hydrogens (tertiary/aromatic N) is 1. The van der Waals surface area contributed by atoms with Crippen LogP contribution in [0.4, 0.5) is 0 Å². The zero-order valence-electron chi connectivity index (χ0n) is 8.99. The summed E-state index contributed by atoms with van der Waals surface area (Å²) in [6, 6.07) is 0. The molecule has 0 aliphatic heterocycles. The van der Waals surface area contributed by atoms with Crippen LogP contribution in [0, 0.1) is 0 Å². The van der Waals surface area contributed by atoms with E-state index < -0.39 is 10.0 Å². The Kier molecular flexibility index (Phi) is 6.78. The van der Waals surface area contributed by atoms with Gasteiger partial charge in [0.2, 0.25) is 10.0 Å². The Labute approximate surface area is 87.0 Å². The molecule has 0 rings (SSSR count). The molecule has 5 heteroatoms. The highest BCUT2D eigenvalue weighted by atomic mass is 32.2. The van der Waals surface area contributed by atoms with Crippen LogP contribution in [0.5, 0.6) is 0 Å². The molecule has 0 spiro atoms. The van der Waals surface area contributed by atoms with Crippen molar-refractivity contribution in [2.75, 3.05) is 32.4 Å². The molecule has 4 nitrogen and oxygen atoms in total. The molecule has 0 aromatic rings.